The van der Waals surface area contributed by atoms with E-state index < -0.39 is 6.04 Å². The molecule has 1 amide bonds. The lowest BCUT2D eigenvalue weighted by molar-refractivity contribution is -0.121. The number of rotatable bonds is 17. The van der Waals surface area contributed by atoms with Crippen molar-refractivity contribution in [3.63, 3.8) is 0 Å². The Morgan fingerprint density at radius 1 is 0.765 bits per heavy atom. The molecule has 0 spiro atoms. The van der Waals surface area contributed by atoms with Crippen LogP contribution in [0.3, 0.4) is 0 Å². The molecule has 0 bridgehead atoms. The minimum atomic E-state index is -0.757. The van der Waals surface area contributed by atoms with Crippen LogP contribution >= 0.6 is 0 Å². The van der Waals surface area contributed by atoms with Gasteiger partial charge in [0.1, 0.15) is 23.9 Å². The molecular weight excluding hydrogens is 638 g/mol. The molecule has 0 saturated heterocycles. The van der Waals surface area contributed by atoms with Gasteiger partial charge >= 0.3 is 0 Å². The first-order chi connectivity index (χ1) is 24.7. The van der Waals surface area contributed by atoms with Crippen molar-refractivity contribution in [1.82, 2.24) is 15.2 Å². The molecule has 0 aliphatic heterocycles. The lowest BCUT2D eigenvalue weighted by Crippen LogP contribution is -2.43. The maximum atomic E-state index is 14.4. The maximum Gasteiger partial charge on any atom is 0.252 e. The van der Waals surface area contributed by atoms with Gasteiger partial charge in [-0.3, -0.25) is 14.5 Å². The molecule has 1 atom stereocenters. The Balaban J connectivity index is 1.44. The van der Waals surface area contributed by atoms with Crippen molar-refractivity contribution in [3.8, 4) is 28.5 Å². The number of pyridine rings is 1. The summed E-state index contributed by atoms with van der Waals surface area (Å²) in [6.45, 7) is 9.94. The third kappa shape index (κ3) is 9.73. The average molecular weight is 688 g/mol. The van der Waals surface area contributed by atoms with Crippen molar-refractivity contribution < 1.29 is 23.8 Å². The van der Waals surface area contributed by atoms with Crippen LogP contribution in [0.25, 0.3) is 22.2 Å². The molecular formula is C43H49N3O5. The number of hydrogen-bond acceptors (Lipinski definition) is 7. The number of methoxy groups -OCH3 is 2. The zero-order valence-corrected chi connectivity index (χ0v) is 30.5. The van der Waals surface area contributed by atoms with Gasteiger partial charge in [0.2, 0.25) is 0 Å². The zero-order chi connectivity index (χ0) is 36.3. The second-order valence-corrected chi connectivity index (χ2v) is 13.3. The molecule has 0 radical (unpaired) electrons. The van der Waals surface area contributed by atoms with Crippen LogP contribution in [0, 0.1) is 0 Å². The van der Waals surface area contributed by atoms with Crippen LogP contribution in [-0.4, -0.2) is 60.5 Å². The number of fused-ring (bicyclic) bond motifs is 1. The summed E-state index contributed by atoms with van der Waals surface area (Å²) in [6.07, 6.45) is 1.37. The normalized spacial score (nSPS) is 11.9. The third-order valence-electron chi connectivity index (χ3n) is 9.09. The molecule has 0 aliphatic carbocycles. The van der Waals surface area contributed by atoms with Crippen molar-refractivity contribution in [2.75, 3.05) is 20.8 Å². The standard InChI is InChI=1S/C43H49N3O5/c1-29(2)46(30(3)4)23-13-18-40(47)38(24-31-19-21-34(22-20-31)51-28-32-14-9-7-10-15-32)45-43(48)36-27-37(33-16-11-8-12-17-33)44-39-25-35(49-5)26-41(50-6)42(36)39/h7-12,14-17,19-22,25-27,29-30,38H,13,18,23-24,28H2,1-6H3,(H,45,48). The van der Waals surface area contributed by atoms with E-state index >= 15 is 0 Å². The maximum absolute atomic E-state index is 14.4. The molecule has 8 nitrogen and oxygen atoms in total. The predicted molar refractivity (Wildman–Crippen MR) is 204 cm³/mol. The Morgan fingerprint density at radius 2 is 1.43 bits per heavy atom. The highest BCUT2D eigenvalue weighted by Gasteiger charge is 2.26. The molecule has 1 N–H and O–H groups in total. The predicted octanol–water partition coefficient (Wildman–Crippen LogP) is 8.31. The molecule has 0 saturated carbocycles. The summed E-state index contributed by atoms with van der Waals surface area (Å²) in [6, 6.07) is 32.7. The van der Waals surface area contributed by atoms with E-state index in [0.29, 0.717) is 71.6 Å². The molecule has 0 fully saturated rings. The van der Waals surface area contributed by atoms with Gasteiger partial charge in [-0.05, 0) is 76.4 Å². The first-order valence-electron chi connectivity index (χ1n) is 17.6. The average Bonchev–Trinajstić information content (AvgIpc) is 3.15. The first-order valence-corrected chi connectivity index (χ1v) is 17.6. The molecule has 1 aromatic heterocycles. The number of carbonyl (C=O) groups excluding carboxylic acids is 2. The molecule has 5 aromatic rings. The summed E-state index contributed by atoms with van der Waals surface area (Å²) in [5.41, 5.74) is 4.40. The van der Waals surface area contributed by atoms with Crippen LogP contribution in [0.2, 0.25) is 0 Å². The quantitative estimate of drug-likeness (QED) is 0.105. The lowest BCUT2D eigenvalue weighted by atomic mass is 9.97. The lowest BCUT2D eigenvalue weighted by Gasteiger charge is -2.30. The topological polar surface area (TPSA) is 90.0 Å². The number of nitrogens with one attached hydrogen (secondary N) is 1. The fourth-order valence-electron chi connectivity index (χ4n) is 6.42. The van der Waals surface area contributed by atoms with E-state index in [1.54, 1.807) is 32.4 Å². The molecule has 1 heterocycles. The summed E-state index contributed by atoms with van der Waals surface area (Å²) < 4.78 is 17.3. The van der Waals surface area contributed by atoms with Gasteiger partial charge < -0.3 is 19.5 Å². The molecule has 5 rings (SSSR count). The zero-order valence-electron chi connectivity index (χ0n) is 30.5. The highest BCUT2D eigenvalue weighted by molar-refractivity contribution is 6.10. The summed E-state index contributed by atoms with van der Waals surface area (Å²) in [5, 5.41) is 3.68. The summed E-state index contributed by atoms with van der Waals surface area (Å²) in [7, 11) is 3.13. The minimum absolute atomic E-state index is 0.0181. The number of hydrogen-bond donors (Lipinski definition) is 1. The first kappa shape index (κ1) is 37.1. The monoisotopic (exact) mass is 687 g/mol. The van der Waals surface area contributed by atoms with E-state index in [1.165, 1.54) is 0 Å². The van der Waals surface area contributed by atoms with Gasteiger partial charge in [-0.15, -0.1) is 0 Å². The van der Waals surface area contributed by atoms with Gasteiger partial charge in [0.25, 0.3) is 5.91 Å². The third-order valence-corrected chi connectivity index (χ3v) is 9.09. The van der Waals surface area contributed by atoms with Gasteiger partial charge in [0.15, 0.2) is 5.78 Å². The largest absolute Gasteiger partial charge is 0.497 e. The number of amides is 1. The second-order valence-electron chi connectivity index (χ2n) is 13.3. The van der Waals surface area contributed by atoms with Crippen molar-refractivity contribution in [2.24, 2.45) is 0 Å². The molecule has 266 valence electrons. The highest BCUT2D eigenvalue weighted by atomic mass is 16.5. The van der Waals surface area contributed by atoms with Gasteiger partial charge in [-0.25, -0.2) is 4.98 Å². The fraction of sp³-hybridized carbons (Fsp3) is 0.326. The van der Waals surface area contributed by atoms with E-state index in [9.17, 15) is 9.59 Å². The van der Waals surface area contributed by atoms with Crippen LogP contribution in [-0.2, 0) is 17.8 Å². The fourth-order valence-corrected chi connectivity index (χ4v) is 6.42. The van der Waals surface area contributed by atoms with Crippen LogP contribution in [0.4, 0.5) is 0 Å². The van der Waals surface area contributed by atoms with Crippen molar-refractivity contribution in [1.29, 1.82) is 0 Å². The summed E-state index contributed by atoms with van der Waals surface area (Å²) in [4.78, 5) is 35.7. The van der Waals surface area contributed by atoms with Gasteiger partial charge in [0, 0.05) is 36.2 Å². The number of nitrogens with zero attached hydrogens (tertiary/aromatic N) is 2. The molecule has 1 unspecified atom stereocenters. The number of aromatic nitrogens is 1. The van der Waals surface area contributed by atoms with E-state index in [4.69, 9.17) is 19.2 Å². The van der Waals surface area contributed by atoms with E-state index in [0.717, 1.165) is 29.0 Å². The number of Topliss-reactive ketones (excluding diaryl/α,β-unsaturated/α-hetero) is 1. The Bertz CT molecular complexity index is 1890. The second kappa shape index (κ2) is 17.6. The number of benzene rings is 4. The molecule has 0 aliphatic rings. The van der Waals surface area contributed by atoms with E-state index in [-0.39, 0.29) is 11.7 Å². The summed E-state index contributed by atoms with van der Waals surface area (Å²) in [5.74, 6) is 1.35. The smallest absolute Gasteiger partial charge is 0.252 e. The van der Waals surface area contributed by atoms with Gasteiger partial charge in [0.05, 0.1) is 42.4 Å². The Hall–Kier alpha value is -5.21. The number of ether oxygens (including phenoxy) is 3. The van der Waals surface area contributed by atoms with Crippen LogP contribution in [0.5, 0.6) is 17.2 Å². The highest BCUT2D eigenvalue weighted by Crippen LogP contribution is 2.35. The van der Waals surface area contributed by atoms with Crippen molar-refractivity contribution in [2.45, 2.75) is 71.7 Å². The van der Waals surface area contributed by atoms with Crippen molar-refractivity contribution in [3.05, 3.63) is 120 Å². The summed E-state index contributed by atoms with van der Waals surface area (Å²) >= 11 is 0. The van der Waals surface area contributed by atoms with Crippen LogP contribution in [0.15, 0.2) is 103 Å². The molecule has 8 heteroatoms. The van der Waals surface area contributed by atoms with Crippen molar-refractivity contribution >= 4 is 22.6 Å². The SMILES string of the molecule is COc1cc(OC)c2c(C(=O)NC(Cc3ccc(OCc4ccccc4)cc3)C(=O)CCCN(C(C)C)C(C)C)cc(-c3ccccc3)nc2c1. The molecule has 51 heavy (non-hydrogen) atoms. The van der Waals surface area contributed by atoms with Crippen LogP contribution in [0.1, 0.15) is 62.0 Å². The Labute approximate surface area is 301 Å². The van der Waals surface area contributed by atoms with Gasteiger partial charge in [-0.2, -0.15) is 0 Å². The minimum Gasteiger partial charge on any atom is -0.497 e. The number of ketones is 1. The van der Waals surface area contributed by atoms with Gasteiger partial charge in [-0.1, -0.05) is 72.8 Å². The Kier molecular flexibility index (Phi) is 12.8. The van der Waals surface area contributed by atoms with E-state index in [1.807, 2.05) is 84.9 Å². The van der Waals surface area contributed by atoms with Crippen LogP contribution < -0.4 is 19.5 Å². The Morgan fingerprint density at radius 3 is 2.06 bits per heavy atom. The van der Waals surface area contributed by atoms with E-state index in [2.05, 4.69) is 37.9 Å². The molecule has 4 aromatic carbocycles. The number of carbonyl (C=O) groups is 2.